The van der Waals surface area contributed by atoms with Gasteiger partial charge in [0.2, 0.25) is 0 Å². The van der Waals surface area contributed by atoms with E-state index in [0.717, 1.165) is 50.9 Å². The second kappa shape index (κ2) is 12.6. The Labute approximate surface area is 161 Å². The summed E-state index contributed by atoms with van der Waals surface area (Å²) in [5.74, 6) is 1.36. The lowest BCUT2D eigenvalue weighted by atomic mass is 10.0. The molecule has 0 saturated carbocycles. The summed E-state index contributed by atoms with van der Waals surface area (Å²) in [7, 11) is 0. The summed E-state index contributed by atoms with van der Waals surface area (Å²) in [6.07, 6.45) is 7.33. The van der Waals surface area contributed by atoms with Crippen molar-refractivity contribution in [1.29, 1.82) is 0 Å². The van der Waals surface area contributed by atoms with Crippen LogP contribution in [0.15, 0.2) is 0 Å². The molecule has 0 bridgehead atoms. The molecule has 26 heavy (non-hydrogen) atoms. The summed E-state index contributed by atoms with van der Waals surface area (Å²) in [5.41, 5.74) is 0. The number of thioether (sulfide) groups is 1. The van der Waals surface area contributed by atoms with E-state index in [-0.39, 0.29) is 12.1 Å². The van der Waals surface area contributed by atoms with Crippen molar-refractivity contribution >= 4 is 23.6 Å². The molecule has 0 aromatic rings. The van der Waals surface area contributed by atoms with E-state index in [0.29, 0.717) is 49.7 Å². The number of hydrogen-bond acceptors (Lipinski definition) is 5. The van der Waals surface area contributed by atoms with Gasteiger partial charge in [0.1, 0.15) is 5.78 Å². The zero-order valence-electron chi connectivity index (χ0n) is 16.0. The maximum Gasteiger partial charge on any atom is 0.315 e. The Kier molecular flexibility index (Phi) is 10.4. The summed E-state index contributed by atoms with van der Waals surface area (Å²) >= 11 is 1.94. The van der Waals surface area contributed by atoms with E-state index >= 15 is 0 Å². The van der Waals surface area contributed by atoms with E-state index < -0.39 is 0 Å². The number of amides is 2. The van der Waals surface area contributed by atoms with E-state index in [1.807, 2.05) is 11.8 Å². The average molecular weight is 387 g/mol. The number of carbonyl (C=O) groups is 2. The van der Waals surface area contributed by atoms with E-state index in [9.17, 15) is 9.59 Å². The number of fused-ring (bicyclic) bond motifs is 1. The minimum Gasteiger partial charge on any atom is -0.379 e. The number of hydrogen-bond donors (Lipinski definition) is 2. The van der Waals surface area contributed by atoms with Crippen molar-refractivity contribution in [2.75, 3.05) is 32.2 Å². The monoisotopic (exact) mass is 386 g/mol. The minimum atomic E-state index is -0.0297. The highest BCUT2D eigenvalue weighted by atomic mass is 32.2. The molecule has 6 nitrogen and oxygen atoms in total. The molecule has 2 heterocycles. The van der Waals surface area contributed by atoms with Crippen LogP contribution < -0.4 is 10.6 Å². The van der Waals surface area contributed by atoms with Crippen LogP contribution >= 0.6 is 11.8 Å². The van der Waals surface area contributed by atoms with Crippen LogP contribution in [0.25, 0.3) is 0 Å². The molecule has 2 saturated heterocycles. The van der Waals surface area contributed by atoms with Gasteiger partial charge in [-0.3, -0.25) is 4.79 Å². The van der Waals surface area contributed by atoms with Gasteiger partial charge >= 0.3 is 6.03 Å². The first-order valence-corrected chi connectivity index (χ1v) is 11.1. The molecule has 0 radical (unpaired) electrons. The van der Waals surface area contributed by atoms with Crippen LogP contribution in [0.5, 0.6) is 0 Å². The predicted octanol–water partition coefficient (Wildman–Crippen LogP) is 2.89. The van der Waals surface area contributed by atoms with Crippen molar-refractivity contribution in [1.82, 2.24) is 10.6 Å². The van der Waals surface area contributed by atoms with Gasteiger partial charge < -0.3 is 20.1 Å². The summed E-state index contributed by atoms with van der Waals surface area (Å²) in [6, 6.07) is 0.535. The molecule has 3 atom stereocenters. The van der Waals surface area contributed by atoms with Gasteiger partial charge in [0.15, 0.2) is 0 Å². The van der Waals surface area contributed by atoms with Crippen LogP contribution in [0.3, 0.4) is 0 Å². The summed E-state index contributed by atoms with van der Waals surface area (Å²) in [4.78, 5) is 23.3. The van der Waals surface area contributed by atoms with Gasteiger partial charge in [0.05, 0.1) is 25.3 Å². The molecule has 2 fully saturated rings. The van der Waals surface area contributed by atoms with Crippen molar-refractivity contribution in [3.63, 3.8) is 0 Å². The highest BCUT2D eigenvalue weighted by Gasteiger charge is 2.42. The number of Topliss-reactive ketones (excluding diaryl/α,β-unsaturated/α-hetero) is 1. The average Bonchev–Trinajstić information content (AvgIpc) is 3.16. The first kappa shape index (κ1) is 21.5. The minimum absolute atomic E-state index is 0.0297. The second-order valence-corrected chi connectivity index (χ2v) is 8.36. The quantitative estimate of drug-likeness (QED) is 0.334. The van der Waals surface area contributed by atoms with Gasteiger partial charge in [0, 0.05) is 37.1 Å². The number of unbranched alkanes of at least 4 members (excludes halogenated alkanes) is 2. The summed E-state index contributed by atoms with van der Waals surface area (Å²) in [5, 5.41) is 6.47. The van der Waals surface area contributed by atoms with Gasteiger partial charge in [-0.25, -0.2) is 4.79 Å². The van der Waals surface area contributed by atoms with Crippen LogP contribution in [-0.2, 0) is 14.3 Å². The highest BCUT2D eigenvalue weighted by Crippen LogP contribution is 2.33. The van der Waals surface area contributed by atoms with Crippen LogP contribution in [0.2, 0.25) is 0 Å². The lowest BCUT2D eigenvalue weighted by molar-refractivity contribution is -0.119. The number of carbonyl (C=O) groups excluding carboxylic acids is 2. The maximum absolute atomic E-state index is 11.9. The standard InChI is InChI=1S/C19H34N2O4S/c1-2-10-24-12-13-25-11-6-5-8-15(22)7-3-4-9-17-18-16(14-26-17)20-19(23)21-18/h16-18H,2-14H2,1H3,(H2,20,21,23)/t16-,17?,18-/m0/s1. The Morgan fingerprint density at radius 1 is 1.04 bits per heavy atom. The van der Waals surface area contributed by atoms with Crippen molar-refractivity contribution < 1.29 is 19.1 Å². The topological polar surface area (TPSA) is 76.7 Å². The van der Waals surface area contributed by atoms with Crippen LogP contribution in [0, 0.1) is 0 Å². The second-order valence-electron chi connectivity index (χ2n) is 7.09. The number of ether oxygens (including phenoxy) is 2. The Morgan fingerprint density at radius 2 is 1.77 bits per heavy atom. The van der Waals surface area contributed by atoms with Gasteiger partial charge in [-0.2, -0.15) is 11.8 Å². The molecule has 2 aliphatic rings. The molecule has 150 valence electrons. The molecule has 2 amide bonds. The Balaban J connectivity index is 1.38. The number of ketones is 1. The summed E-state index contributed by atoms with van der Waals surface area (Å²) < 4.78 is 10.8. The molecule has 0 aromatic carbocycles. The molecule has 2 aliphatic heterocycles. The lowest BCUT2D eigenvalue weighted by Crippen LogP contribution is -2.36. The molecule has 2 rings (SSSR count). The van der Waals surface area contributed by atoms with E-state index in [1.54, 1.807) is 0 Å². The zero-order valence-corrected chi connectivity index (χ0v) is 16.8. The molecule has 2 N–H and O–H groups in total. The fourth-order valence-electron chi connectivity index (χ4n) is 3.43. The van der Waals surface area contributed by atoms with Crippen molar-refractivity contribution in [3.8, 4) is 0 Å². The first-order valence-electron chi connectivity index (χ1n) is 10.1. The highest BCUT2D eigenvalue weighted by molar-refractivity contribution is 8.00. The van der Waals surface area contributed by atoms with Crippen molar-refractivity contribution in [3.05, 3.63) is 0 Å². The van der Waals surface area contributed by atoms with Crippen LogP contribution in [0.1, 0.15) is 58.3 Å². The normalized spacial score (nSPS) is 24.3. The fourth-order valence-corrected chi connectivity index (χ4v) is 4.97. The third-order valence-corrected chi connectivity index (χ3v) is 6.36. The SMILES string of the molecule is CCCOCCOCCCCC(=O)CCCCC1SC[C@@H]2NC(=O)N[C@H]12. The molecular weight excluding hydrogens is 352 g/mol. The number of rotatable bonds is 15. The Morgan fingerprint density at radius 3 is 2.54 bits per heavy atom. The third-order valence-electron chi connectivity index (χ3n) is 4.85. The number of urea groups is 1. The zero-order chi connectivity index (χ0) is 18.6. The van der Waals surface area contributed by atoms with Gasteiger partial charge in [-0.05, 0) is 32.1 Å². The van der Waals surface area contributed by atoms with Gasteiger partial charge in [-0.15, -0.1) is 0 Å². The third kappa shape index (κ3) is 7.84. The molecule has 0 spiro atoms. The van der Waals surface area contributed by atoms with E-state index in [2.05, 4.69) is 17.6 Å². The fraction of sp³-hybridized carbons (Fsp3) is 0.895. The lowest BCUT2D eigenvalue weighted by Gasteiger charge is -2.16. The molecule has 1 unspecified atom stereocenters. The largest absolute Gasteiger partial charge is 0.379 e. The van der Waals surface area contributed by atoms with Crippen LogP contribution in [-0.4, -0.2) is 61.3 Å². The van der Waals surface area contributed by atoms with Crippen LogP contribution in [0.4, 0.5) is 4.79 Å². The first-order chi connectivity index (χ1) is 12.7. The Bertz CT molecular complexity index is 436. The Hall–Kier alpha value is -0.790. The van der Waals surface area contributed by atoms with E-state index in [4.69, 9.17) is 9.47 Å². The van der Waals surface area contributed by atoms with Crippen molar-refractivity contribution in [2.45, 2.75) is 75.6 Å². The molecule has 0 aromatic heterocycles. The number of nitrogens with one attached hydrogen (secondary N) is 2. The van der Waals surface area contributed by atoms with Gasteiger partial charge in [-0.1, -0.05) is 13.3 Å². The smallest absolute Gasteiger partial charge is 0.315 e. The maximum atomic E-state index is 11.9. The molecule has 7 heteroatoms. The molecular formula is C19H34N2O4S. The van der Waals surface area contributed by atoms with Crippen molar-refractivity contribution in [2.24, 2.45) is 0 Å². The molecule has 0 aliphatic carbocycles. The van der Waals surface area contributed by atoms with E-state index in [1.165, 1.54) is 0 Å². The predicted molar refractivity (Wildman–Crippen MR) is 105 cm³/mol. The van der Waals surface area contributed by atoms with Gasteiger partial charge in [0.25, 0.3) is 0 Å². The summed E-state index contributed by atoms with van der Waals surface area (Å²) in [6.45, 7) is 4.90.